The molecule has 0 aliphatic heterocycles. The molecule has 0 saturated heterocycles. The molecule has 0 radical (unpaired) electrons. The summed E-state index contributed by atoms with van der Waals surface area (Å²) in [6.07, 6.45) is 2.35. The molecule has 6 heteroatoms. The molecule has 1 amide bonds. The van der Waals surface area contributed by atoms with Crippen LogP contribution in [-0.2, 0) is 9.59 Å². The van der Waals surface area contributed by atoms with E-state index in [2.05, 4.69) is 5.32 Å². The van der Waals surface area contributed by atoms with Crippen molar-refractivity contribution in [3.05, 3.63) is 22.4 Å². The molecule has 1 fully saturated rings. The quantitative estimate of drug-likeness (QED) is 0.706. The summed E-state index contributed by atoms with van der Waals surface area (Å²) in [5.41, 5.74) is 5.90. The van der Waals surface area contributed by atoms with Crippen LogP contribution in [-0.4, -0.2) is 23.0 Å². The molecular formula is C13H18N2O3S. The molecule has 1 aromatic heterocycles. The molecule has 2 rings (SSSR count). The summed E-state index contributed by atoms with van der Waals surface area (Å²) in [4.78, 5) is 23.6. The van der Waals surface area contributed by atoms with Crippen molar-refractivity contribution in [2.24, 2.45) is 11.7 Å². The van der Waals surface area contributed by atoms with Gasteiger partial charge in [-0.3, -0.25) is 9.59 Å². The van der Waals surface area contributed by atoms with Crippen molar-refractivity contribution in [3.8, 4) is 0 Å². The molecule has 1 aromatic rings. The Morgan fingerprint density at radius 1 is 1.47 bits per heavy atom. The fourth-order valence-electron chi connectivity index (χ4n) is 2.05. The van der Waals surface area contributed by atoms with Gasteiger partial charge in [0, 0.05) is 17.3 Å². The van der Waals surface area contributed by atoms with E-state index in [1.54, 1.807) is 0 Å². The van der Waals surface area contributed by atoms with Crippen molar-refractivity contribution in [1.82, 2.24) is 5.32 Å². The molecule has 0 spiro atoms. The van der Waals surface area contributed by atoms with Gasteiger partial charge in [-0.2, -0.15) is 0 Å². The third-order valence-corrected chi connectivity index (χ3v) is 4.24. The number of hydrogen-bond donors (Lipinski definition) is 3. The Labute approximate surface area is 115 Å². The highest BCUT2D eigenvalue weighted by atomic mass is 32.1. The Balaban J connectivity index is 1.91. The third kappa shape index (κ3) is 4.33. The monoisotopic (exact) mass is 282 g/mol. The van der Waals surface area contributed by atoms with E-state index in [9.17, 15) is 9.59 Å². The molecule has 2 unspecified atom stereocenters. The summed E-state index contributed by atoms with van der Waals surface area (Å²) in [7, 11) is 0. The van der Waals surface area contributed by atoms with Crippen molar-refractivity contribution in [2.45, 2.75) is 37.8 Å². The topological polar surface area (TPSA) is 92.4 Å². The zero-order valence-electron chi connectivity index (χ0n) is 10.5. The summed E-state index contributed by atoms with van der Waals surface area (Å²) in [6, 6.07) is 3.11. The Kier molecular flexibility index (Phi) is 4.55. The normalized spacial score (nSPS) is 17.7. The molecule has 4 N–H and O–H groups in total. The highest BCUT2D eigenvalue weighted by molar-refractivity contribution is 7.10. The van der Waals surface area contributed by atoms with E-state index < -0.39 is 12.0 Å². The van der Waals surface area contributed by atoms with Gasteiger partial charge in [0.05, 0.1) is 12.5 Å². The lowest BCUT2D eigenvalue weighted by atomic mass is 10.1. The second kappa shape index (κ2) is 6.16. The van der Waals surface area contributed by atoms with Crippen LogP contribution in [0.4, 0.5) is 0 Å². The fraction of sp³-hybridized carbons (Fsp3) is 0.538. The maximum absolute atomic E-state index is 11.9. The maximum atomic E-state index is 11.9. The Morgan fingerprint density at radius 2 is 2.21 bits per heavy atom. The summed E-state index contributed by atoms with van der Waals surface area (Å²) < 4.78 is 0. The molecule has 19 heavy (non-hydrogen) atoms. The van der Waals surface area contributed by atoms with E-state index in [0.717, 1.165) is 17.7 Å². The number of nitrogens with one attached hydrogen (secondary N) is 1. The summed E-state index contributed by atoms with van der Waals surface area (Å²) >= 11 is 1.44. The fourth-order valence-corrected chi connectivity index (χ4v) is 2.82. The third-order valence-electron chi connectivity index (χ3n) is 3.25. The summed E-state index contributed by atoms with van der Waals surface area (Å²) in [5.74, 6) is -0.630. The van der Waals surface area contributed by atoms with Crippen LogP contribution in [0.15, 0.2) is 17.5 Å². The summed E-state index contributed by atoms with van der Waals surface area (Å²) in [5, 5.41) is 13.5. The lowest BCUT2D eigenvalue weighted by Crippen LogP contribution is -2.35. The largest absolute Gasteiger partial charge is 0.481 e. The number of hydrogen-bond acceptors (Lipinski definition) is 4. The predicted octanol–water partition coefficient (Wildman–Crippen LogP) is 1.51. The number of carboxylic acids is 1. The van der Waals surface area contributed by atoms with Crippen molar-refractivity contribution in [2.75, 3.05) is 0 Å². The van der Waals surface area contributed by atoms with E-state index in [4.69, 9.17) is 10.8 Å². The first-order chi connectivity index (χ1) is 9.06. The van der Waals surface area contributed by atoms with Crippen LogP contribution in [0.5, 0.6) is 0 Å². The SMILES string of the molecule is NC(CC(=O)NC(CC(=O)O)c1cccs1)C1CC1. The number of nitrogens with two attached hydrogens (primary N) is 1. The van der Waals surface area contributed by atoms with Crippen LogP contribution < -0.4 is 11.1 Å². The van der Waals surface area contributed by atoms with Gasteiger partial charge in [-0.15, -0.1) is 11.3 Å². The van der Waals surface area contributed by atoms with Gasteiger partial charge in [0.25, 0.3) is 0 Å². The molecule has 104 valence electrons. The molecule has 1 saturated carbocycles. The van der Waals surface area contributed by atoms with Gasteiger partial charge in [-0.1, -0.05) is 6.07 Å². The first-order valence-corrected chi connectivity index (χ1v) is 7.24. The van der Waals surface area contributed by atoms with Crippen molar-refractivity contribution < 1.29 is 14.7 Å². The van der Waals surface area contributed by atoms with Crippen molar-refractivity contribution in [1.29, 1.82) is 0 Å². The average Bonchev–Trinajstić information content (AvgIpc) is 3.03. The van der Waals surface area contributed by atoms with Crippen LogP contribution in [0.2, 0.25) is 0 Å². The highest BCUT2D eigenvalue weighted by Gasteiger charge is 2.30. The number of thiophene rings is 1. The van der Waals surface area contributed by atoms with Crippen LogP contribution >= 0.6 is 11.3 Å². The summed E-state index contributed by atoms with van der Waals surface area (Å²) in [6.45, 7) is 0. The van der Waals surface area contributed by atoms with Crippen LogP contribution in [0, 0.1) is 5.92 Å². The Hall–Kier alpha value is -1.40. The zero-order valence-corrected chi connectivity index (χ0v) is 11.4. The molecule has 5 nitrogen and oxygen atoms in total. The van der Waals surface area contributed by atoms with Crippen molar-refractivity contribution in [3.63, 3.8) is 0 Å². The highest BCUT2D eigenvalue weighted by Crippen LogP contribution is 2.33. The van der Waals surface area contributed by atoms with E-state index in [1.165, 1.54) is 11.3 Å². The van der Waals surface area contributed by atoms with Gasteiger partial charge in [-0.05, 0) is 30.2 Å². The minimum atomic E-state index is -0.926. The van der Waals surface area contributed by atoms with Gasteiger partial charge in [-0.25, -0.2) is 0 Å². The second-order valence-corrected chi connectivity index (χ2v) is 5.92. The Morgan fingerprint density at radius 3 is 2.74 bits per heavy atom. The minimum absolute atomic E-state index is 0.103. The van der Waals surface area contributed by atoms with Crippen molar-refractivity contribution >= 4 is 23.2 Å². The molecular weight excluding hydrogens is 264 g/mol. The zero-order chi connectivity index (χ0) is 13.8. The van der Waals surface area contributed by atoms with Crippen LogP contribution in [0.3, 0.4) is 0 Å². The van der Waals surface area contributed by atoms with E-state index in [0.29, 0.717) is 5.92 Å². The van der Waals surface area contributed by atoms with Crippen LogP contribution in [0.25, 0.3) is 0 Å². The first-order valence-electron chi connectivity index (χ1n) is 6.36. The number of amides is 1. The van der Waals surface area contributed by atoms with E-state index in [1.807, 2.05) is 17.5 Å². The van der Waals surface area contributed by atoms with Gasteiger partial charge in [0.1, 0.15) is 0 Å². The second-order valence-electron chi connectivity index (χ2n) is 4.94. The lowest BCUT2D eigenvalue weighted by molar-refractivity contribution is -0.137. The number of carboxylic acid groups (broad SMARTS) is 1. The predicted molar refractivity (Wildman–Crippen MR) is 72.8 cm³/mol. The van der Waals surface area contributed by atoms with E-state index in [-0.39, 0.29) is 24.8 Å². The number of aliphatic carboxylic acids is 1. The molecule has 2 atom stereocenters. The first kappa shape index (κ1) is 14.0. The van der Waals surface area contributed by atoms with Gasteiger partial charge >= 0.3 is 5.97 Å². The molecule has 0 bridgehead atoms. The lowest BCUT2D eigenvalue weighted by Gasteiger charge is -2.17. The van der Waals surface area contributed by atoms with Gasteiger partial charge < -0.3 is 16.2 Å². The average molecular weight is 282 g/mol. The number of carbonyl (C=O) groups is 2. The minimum Gasteiger partial charge on any atom is -0.481 e. The molecule has 1 aliphatic carbocycles. The van der Waals surface area contributed by atoms with E-state index >= 15 is 0 Å². The molecule has 1 aliphatic rings. The number of rotatable bonds is 7. The van der Waals surface area contributed by atoms with Gasteiger partial charge in [0.15, 0.2) is 0 Å². The Bertz CT molecular complexity index is 443. The standard InChI is InChI=1S/C13H18N2O3S/c14-9(8-3-4-8)6-12(16)15-10(7-13(17)18)11-2-1-5-19-11/h1-2,5,8-10H,3-4,6-7,14H2,(H,15,16)(H,17,18). The smallest absolute Gasteiger partial charge is 0.305 e. The maximum Gasteiger partial charge on any atom is 0.305 e. The molecule has 1 heterocycles. The van der Waals surface area contributed by atoms with Gasteiger partial charge in [0.2, 0.25) is 5.91 Å². The number of carbonyl (C=O) groups excluding carboxylic acids is 1. The molecule has 0 aromatic carbocycles. The van der Waals surface area contributed by atoms with Crippen LogP contribution in [0.1, 0.15) is 36.6 Å².